The van der Waals surface area contributed by atoms with E-state index in [0.29, 0.717) is 12.1 Å². The highest BCUT2D eigenvalue weighted by atomic mass is 16.1. The predicted molar refractivity (Wildman–Crippen MR) is 87.8 cm³/mol. The molecular weight excluding hydrogens is 276 g/mol. The van der Waals surface area contributed by atoms with Gasteiger partial charge >= 0.3 is 0 Å². The van der Waals surface area contributed by atoms with Gasteiger partial charge in [0.1, 0.15) is 0 Å². The molecule has 1 aliphatic carbocycles. The van der Waals surface area contributed by atoms with Gasteiger partial charge in [0, 0.05) is 30.9 Å². The summed E-state index contributed by atoms with van der Waals surface area (Å²) in [6, 6.07) is 11.4. The van der Waals surface area contributed by atoms with E-state index in [2.05, 4.69) is 23.5 Å². The van der Waals surface area contributed by atoms with Gasteiger partial charge in [-0.2, -0.15) is 0 Å². The third-order valence-electron chi connectivity index (χ3n) is 4.01. The maximum absolute atomic E-state index is 12.2. The van der Waals surface area contributed by atoms with Gasteiger partial charge in [0.05, 0.1) is 0 Å². The maximum Gasteiger partial charge on any atom is 0.252 e. The Morgan fingerprint density at radius 3 is 2.77 bits per heavy atom. The van der Waals surface area contributed by atoms with Crippen LogP contribution in [0.3, 0.4) is 0 Å². The van der Waals surface area contributed by atoms with Crippen molar-refractivity contribution in [3.63, 3.8) is 0 Å². The van der Waals surface area contributed by atoms with Crippen molar-refractivity contribution in [1.82, 2.24) is 4.57 Å². The minimum Gasteiger partial charge on any atom is -0.326 e. The van der Waals surface area contributed by atoms with Crippen molar-refractivity contribution in [2.45, 2.75) is 19.8 Å². The smallest absolute Gasteiger partial charge is 0.252 e. The number of aryl methyl sites for hydroxylation is 1. The Bertz CT molecular complexity index is 831. The summed E-state index contributed by atoms with van der Waals surface area (Å²) in [6.07, 6.45) is 3.24. The molecule has 1 amide bonds. The zero-order valence-electron chi connectivity index (χ0n) is 12.7. The number of nitrogens with one attached hydrogen (secondary N) is 1. The molecule has 0 atom stereocenters. The second-order valence-electron chi connectivity index (χ2n) is 5.69. The molecule has 0 unspecified atom stereocenters. The molecule has 1 heterocycles. The Hall–Kier alpha value is -2.62. The Labute approximate surface area is 129 Å². The van der Waals surface area contributed by atoms with Crippen molar-refractivity contribution in [2.24, 2.45) is 7.05 Å². The fraction of sp³-hybridized carbons (Fsp3) is 0.222. The van der Waals surface area contributed by atoms with Gasteiger partial charge in [-0.1, -0.05) is 35.9 Å². The third-order valence-corrected chi connectivity index (χ3v) is 4.01. The first-order valence-corrected chi connectivity index (χ1v) is 7.28. The Morgan fingerprint density at radius 2 is 2.05 bits per heavy atom. The molecule has 0 saturated carbocycles. The summed E-state index contributed by atoms with van der Waals surface area (Å²) < 4.78 is 1.55. The van der Waals surface area contributed by atoms with Gasteiger partial charge in [0.25, 0.3) is 5.56 Å². The van der Waals surface area contributed by atoms with Crippen LogP contribution < -0.4 is 10.9 Å². The number of pyridine rings is 1. The monoisotopic (exact) mass is 294 g/mol. The van der Waals surface area contributed by atoms with Crippen LogP contribution in [0.15, 0.2) is 46.8 Å². The minimum absolute atomic E-state index is 0.0910. The number of anilines is 1. The molecule has 2 aromatic rings. The normalized spacial score (nSPS) is 12.7. The number of aromatic nitrogens is 1. The highest BCUT2D eigenvalue weighted by Gasteiger charge is 2.15. The molecule has 1 aromatic carbocycles. The number of carbonyl (C=O) groups excluding carboxylic acids is 1. The highest BCUT2D eigenvalue weighted by molar-refractivity contribution is 5.93. The lowest BCUT2D eigenvalue weighted by molar-refractivity contribution is -0.115. The van der Waals surface area contributed by atoms with E-state index in [1.165, 1.54) is 17.2 Å². The molecule has 112 valence electrons. The molecule has 0 radical (unpaired) electrons. The van der Waals surface area contributed by atoms with Gasteiger partial charge in [-0.25, -0.2) is 0 Å². The van der Waals surface area contributed by atoms with Crippen LogP contribution in [-0.4, -0.2) is 10.5 Å². The van der Waals surface area contributed by atoms with Crippen molar-refractivity contribution in [2.75, 3.05) is 5.32 Å². The predicted octanol–water partition coefficient (Wildman–Crippen LogP) is 2.66. The van der Waals surface area contributed by atoms with Crippen molar-refractivity contribution >= 4 is 17.7 Å². The molecule has 0 fully saturated rings. The standard InChI is InChI=1S/C18H18N2O2/c1-12-7-16(11-18(22)20(12)2)19-17(21)10-13-8-14-5-3-4-6-15(14)9-13/h3-8,11H,9-10H2,1-2H3,(H,19,21). The summed E-state index contributed by atoms with van der Waals surface area (Å²) in [5.74, 6) is -0.0910. The SMILES string of the molecule is Cc1cc(NC(=O)CC2=Cc3ccccc3C2)cc(=O)n1C. The molecular formula is C18H18N2O2. The zero-order valence-corrected chi connectivity index (χ0v) is 12.7. The van der Waals surface area contributed by atoms with Crippen LogP contribution in [0, 0.1) is 6.92 Å². The van der Waals surface area contributed by atoms with E-state index >= 15 is 0 Å². The van der Waals surface area contributed by atoms with E-state index < -0.39 is 0 Å². The fourth-order valence-corrected chi connectivity index (χ4v) is 2.72. The first-order valence-electron chi connectivity index (χ1n) is 7.28. The number of carbonyl (C=O) groups is 1. The average molecular weight is 294 g/mol. The van der Waals surface area contributed by atoms with E-state index in [9.17, 15) is 9.59 Å². The molecule has 1 N–H and O–H groups in total. The first kappa shape index (κ1) is 14.3. The van der Waals surface area contributed by atoms with Gasteiger partial charge < -0.3 is 9.88 Å². The lowest BCUT2D eigenvalue weighted by Crippen LogP contribution is -2.20. The number of rotatable bonds is 3. The molecule has 0 bridgehead atoms. The number of fused-ring (bicyclic) bond motifs is 1. The summed E-state index contributed by atoms with van der Waals surface area (Å²) in [4.78, 5) is 23.9. The lowest BCUT2D eigenvalue weighted by Gasteiger charge is -2.09. The first-order chi connectivity index (χ1) is 10.5. The Kier molecular flexibility index (Phi) is 3.67. The van der Waals surface area contributed by atoms with Crippen LogP contribution >= 0.6 is 0 Å². The molecule has 1 aromatic heterocycles. The quantitative estimate of drug-likeness (QED) is 0.946. The van der Waals surface area contributed by atoms with Crippen LogP contribution in [0.1, 0.15) is 23.2 Å². The van der Waals surface area contributed by atoms with E-state index in [4.69, 9.17) is 0 Å². The molecule has 4 nitrogen and oxygen atoms in total. The second kappa shape index (κ2) is 5.64. The van der Waals surface area contributed by atoms with Gasteiger partial charge in [-0.15, -0.1) is 0 Å². The number of hydrogen-bond donors (Lipinski definition) is 1. The maximum atomic E-state index is 12.2. The molecule has 1 aliphatic rings. The van der Waals surface area contributed by atoms with Gasteiger partial charge in [-0.05, 0) is 30.5 Å². The summed E-state index contributed by atoms with van der Waals surface area (Å²) in [5.41, 5.74) is 4.79. The molecule has 3 rings (SSSR count). The molecule has 0 saturated heterocycles. The molecule has 4 heteroatoms. The second-order valence-corrected chi connectivity index (χ2v) is 5.69. The number of hydrogen-bond acceptors (Lipinski definition) is 2. The Morgan fingerprint density at radius 1 is 1.27 bits per heavy atom. The van der Waals surface area contributed by atoms with Gasteiger partial charge in [0.2, 0.25) is 5.91 Å². The Balaban J connectivity index is 1.69. The van der Waals surface area contributed by atoms with Crippen molar-refractivity contribution in [3.05, 3.63) is 69.1 Å². The van der Waals surface area contributed by atoms with Gasteiger partial charge in [-0.3, -0.25) is 9.59 Å². The van der Waals surface area contributed by atoms with E-state index in [0.717, 1.165) is 17.7 Å². The number of amides is 1. The zero-order chi connectivity index (χ0) is 15.7. The minimum atomic E-state index is -0.122. The lowest BCUT2D eigenvalue weighted by atomic mass is 10.1. The highest BCUT2D eigenvalue weighted by Crippen LogP contribution is 2.26. The molecule has 0 aliphatic heterocycles. The molecule has 0 spiro atoms. The summed E-state index contributed by atoms with van der Waals surface area (Å²) in [6.45, 7) is 1.84. The van der Waals surface area contributed by atoms with Crippen LogP contribution in [0.4, 0.5) is 5.69 Å². The number of benzene rings is 1. The largest absolute Gasteiger partial charge is 0.326 e. The summed E-state index contributed by atoms with van der Waals surface area (Å²) in [7, 11) is 1.71. The van der Waals surface area contributed by atoms with Crippen LogP contribution in [0.5, 0.6) is 0 Å². The van der Waals surface area contributed by atoms with E-state index in [1.54, 1.807) is 17.7 Å². The van der Waals surface area contributed by atoms with Crippen LogP contribution in [0.2, 0.25) is 0 Å². The van der Waals surface area contributed by atoms with Crippen molar-refractivity contribution in [3.8, 4) is 0 Å². The topological polar surface area (TPSA) is 51.1 Å². The average Bonchev–Trinajstić information content (AvgIpc) is 2.86. The summed E-state index contributed by atoms with van der Waals surface area (Å²) >= 11 is 0. The third kappa shape index (κ3) is 2.86. The van der Waals surface area contributed by atoms with Crippen molar-refractivity contribution in [1.29, 1.82) is 0 Å². The van der Waals surface area contributed by atoms with Crippen LogP contribution in [0.25, 0.3) is 6.08 Å². The summed E-state index contributed by atoms with van der Waals surface area (Å²) in [5, 5.41) is 2.81. The van der Waals surface area contributed by atoms with Crippen molar-refractivity contribution < 1.29 is 4.79 Å². The van der Waals surface area contributed by atoms with Gasteiger partial charge in [0.15, 0.2) is 0 Å². The molecule has 22 heavy (non-hydrogen) atoms. The van der Waals surface area contributed by atoms with Crippen LogP contribution in [-0.2, 0) is 18.3 Å². The van der Waals surface area contributed by atoms with E-state index in [1.807, 2.05) is 19.1 Å². The van der Waals surface area contributed by atoms with E-state index in [-0.39, 0.29) is 11.5 Å². The fourth-order valence-electron chi connectivity index (χ4n) is 2.72. The number of nitrogens with zero attached hydrogens (tertiary/aromatic N) is 1.